The molecule has 2 rings (SSSR count). The molecule has 0 aromatic heterocycles. The van der Waals surface area contributed by atoms with E-state index in [4.69, 9.17) is 5.26 Å². The van der Waals surface area contributed by atoms with Gasteiger partial charge in [0.05, 0.1) is 18.0 Å². The number of hydrogen-bond donors (Lipinski definition) is 0. The highest BCUT2D eigenvalue weighted by atomic mass is 16.2. The van der Waals surface area contributed by atoms with Crippen molar-refractivity contribution in [2.75, 3.05) is 7.05 Å². The van der Waals surface area contributed by atoms with Gasteiger partial charge in [0.2, 0.25) is 0 Å². The van der Waals surface area contributed by atoms with E-state index in [2.05, 4.69) is 17.9 Å². The van der Waals surface area contributed by atoms with Gasteiger partial charge in [-0.25, -0.2) is 0 Å². The van der Waals surface area contributed by atoms with Gasteiger partial charge < -0.3 is 4.90 Å². The van der Waals surface area contributed by atoms with Crippen LogP contribution in [0.3, 0.4) is 0 Å². The smallest absolute Gasteiger partial charge is 0.299 e. The molecule has 0 radical (unpaired) electrons. The first-order valence-corrected chi connectivity index (χ1v) is 6.62. The molecule has 3 nitrogen and oxygen atoms in total. The highest BCUT2D eigenvalue weighted by Gasteiger charge is 2.27. The number of hydrogen-bond acceptors (Lipinski definition) is 2. The molecule has 3 heteroatoms. The summed E-state index contributed by atoms with van der Waals surface area (Å²) in [4.78, 5) is 13.6. The van der Waals surface area contributed by atoms with Gasteiger partial charge in [0.25, 0.3) is 5.91 Å². The maximum Gasteiger partial charge on any atom is 0.299 e. The molecular formula is C17H16N2O. The Kier molecular flexibility index (Phi) is 4.58. The third kappa shape index (κ3) is 3.28. The van der Waals surface area contributed by atoms with Gasteiger partial charge >= 0.3 is 0 Å². The van der Waals surface area contributed by atoms with Gasteiger partial charge in [-0.2, -0.15) is 5.26 Å². The van der Waals surface area contributed by atoms with Gasteiger partial charge in [-0.3, -0.25) is 4.79 Å². The molecule has 1 aliphatic rings. The SMILES string of the molecule is CN(C(=O)C#Cc1ccccc1)[C@@H]1C=CCC[C@@H]1C#N. The Morgan fingerprint density at radius 1 is 1.35 bits per heavy atom. The van der Waals surface area contributed by atoms with Crippen molar-refractivity contribution >= 4 is 5.91 Å². The average molecular weight is 264 g/mol. The molecule has 0 saturated heterocycles. The third-order valence-electron chi connectivity index (χ3n) is 3.41. The third-order valence-corrected chi connectivity index (χ3v) is 3.41. The van der Waals surface area contributed by atoms with E-state index in [-0.39, 0.29) is 17.9 Å². The Morgan fingerprint density at radius 3 is 2.80 bits per heavy atom. The molecule has 1 aromatic rings. The van der Waals surface area contributed by atoms with Crippen LogP contribution in [0.2, 0.25) is 0 Å². The standard InChI is InChI=1S/C17H16N2O/c1-19(16-10-6-5-9-15(16)13-18)17(20)12-11-14-7-3-2-4-8-14/h2-4,6-8,10,15-16H,5,9H2,1H3/t15-,16-/m1/s1. The number of carbonyl (C=O) groups excluding carboxylic acids is 1. The lowest BCUT2D eigenvalue weighted by atomic mass is 9.90. The van der Waals surface area contributed by atoms with Gasteiger partial charge in [-0.05, 0) is 25.0 Å². The molecule has 2 atom stereocenters. The van der Waals surface area contributed by atoms with Crippen LogP contribution in [0.15, 0.2) is 42.5 Å². The molecule has 1 aliphatic carbocycles. The minimum atomic E-state index is -0.259. The maximum absolute atomic E-state index is 12.1. The molecule has 0 saturated carbocycles. The first kappa shape index (κ1) is 13.9. The number of allylic oxidation sites excluding steroid dienone is 1. The fraction of sp³-hybridized carbons (Fsp3) is 0.294. The Hall–Kier alpha value is -2.52. The van der Waals surface area contributed by atoms with Crippen LogP contribution in [0, 0.1) is 29.1 Å². The van der Waals surface area contributed by atoms with Crippen molar-refractivity contribution in [3.8, 4) is 17.9 Å². The van der Waals surface area contributed by atoms with Crippen LogP contribution in [-0.2, 0) is 4.79 Å². The maximum atomic E-state index is 12.1. The second-order valence-electron chi connectivity index (χ2n) is 4.76. The lowest BCUT2D eigenvalue weighted by molar-refractivity contribution is -0.125. The van der Waals surface area contributed by atoms with Crippen LogP contribution in [-0.4, -0.2) is 23.9 Å². The second kappa shape index (κ2) is 6.59. The molecule has 0 unspecified atom stereocenters. The van der Waals surface area contributed by atoms with Crippen molar-refractivity contribution in [3.63, 3.8) is 0 Å². The molecule has 0 N–H and O–H groups in total. The minimum Gasteiger partial charge on any atom is -0.327 e. The van der Waals surface area contributed by atoms with Gasteiger partial charge in [0.1, 0.15) is 0 Å². The van der Waals surface area contributed by atoms with Crippen LogP contribution in [0.4, 0.5) is 0 Å². The summed E-state index contributed by atoms with van der Waals surface area (Å²) in [5, 5.41) is 9.14. The number of rotatable bonds is 1. The molecule has 100 valence electrons. The Balaban J connectivity index is 2.10. The minimum absolute atomic E-state index is 0.146. The number of likely N-dealkylation sites (N-methyl/N-ethyl adjacent to an activating group) is 1. The summed E-state index contributed by atoms with van der Waals surface area (Å²) in [6.45, 7) is 0. The van der Waals surface area contributed by atoms with Gasteiger partial charge in [0, 0.05) is 18.5 Å². The van der Waals surface area contributed by atoms with E-state index in [9.17, 15) is 4.79 Å². The molecule has 20 heavy (non-hydrogen) atoms. The molecule has 0 bridgehead atoms. The van der Waals surface area contributed by atoms with E-state index < -0.39 is 0 Å². The first-order valence-electron chi connectivity index (χ1n) is 6.62. The molecule has 0 fully saturated rings. The second-order valence-corrected chi connectivity index (χ2v) is 4.76. The van der Waals surface area contributed by atoms with E-state index >= 15 is 0 Å². The summed E-state index contributed by atoms with van der Waals surface area (Å²) in [5.74, 6) is 5.08. The summed E-state index contributed by atoms with van der Waals surface area (Å²) < 4.78 is 0. The van der Waals surface area contributed by atoms with Crippen LogP contribution in [0.1, 0.15) is 18.4 Å². The van der Waals surface area contributed by atoms with Crippen molar-refractivity contribution < 1.29 is 4.79 Å². The van der Waals surface area contributed by atoms with Crippen molar-refractivity contribution in [1.82, 2.24) is 4.90 Å². The van der Waals surface area contributed by atoms with E-state index in [0.717, 1.165) is 18.4 Å². The van der Waals surface area contributed by atoms with Crippen LogP contribution in [0.25, 0.3) is 0 Å². The van der Waals surface area contributed by atoms with Crippen molar-refractivity contribution in [1.29, 1.82) is 5.26 Å². The molecule has 1 aromatic carbocycles. The van der Waals surface area contributed by atoms with Gasteiger partial charge in [0.15, 0.2) is 0 Å². The molecular weight excluding hydrogens is 248 g/mol. The number of benzene rings is 1. The highest BCUT2D eigenvalue weighted by molar-refractivity contribution is 5.94. The predicted molar refractivity (Wildman–Crippen MR) is 77.4 cm³/mol. The van der Waals surface area contributed by atoms with E-state index in [1.54, 1.807) is 11.9 Å². The Morgan fingerprint density at radius 2 is 2.10 bits per heavy atom. The predicted octanol–water partition coefficient (Wildman–Crippen LogP) is 2.35. The first-order chi connectivity index (χ1) is 9.72. The molecule has 0 aliphatic heterocycles. The summed E-state index contributed by atoms with van der Waals surface area (Å²) in [7, 11) is 1.70. The fourth-order valence-electron chi connectivity index (χ4n) is 2.23. The van der Waals surface area contributed by atoms with Crippen molar-refractivity contribution in [2.24, 2.45) is 5.92 Å². The van der Waals surface area contributed by atoms with E-state index in [1.807, 2.05) is 42.5 Å². The normalized spacial score (nSPS) is 20.4. The summed E-state index contributed by atoms with van der Waals surface area (Å²) >= 11 is 0. The van der Waals surface area contributed by atoms with Crippen LogP contribution >= 0.6 is 0 Å². The lowest BCUT2D eigenvalue weighted by Gasteiger charge is -2.29. The van der Waals surface area contributed by atoms with Crippen LogP contribution < -0.4 is 0 Å². The highest BCUT2D eigenvalue weighted by Crippen LogP contribution is 2.22. The Bertz CT molecular complexity index is 601. The van der Waals surface area contributed by atoms with Crippen molar-refractivity contribution in [3.05, 3.63) is 48.0 Å². The lowest BCUT2D eigenvalue weighted by Crippen LogP contribution is -2.40. The summed E-state index contributed by atoms with van der Waals surface area (Å²) in [6, 6.07) is 11.5. The average Bonchev–Trinajstić information content (AvgIpc) is 2.52. The fourth-order valence-corrected chi connectivity index (χ4v) is 2.23. The number of carbonyl (C=O) groups is 1. The Labute approximate surface area is 119 Å². The zero-order valence-electron chi connectivity index (χ0n) is 11.4. The topological polar surface area (TPSA) is 44.1 Å². The quantitative estimate of drug-likeness (QED) is 0.577. The zero-order chi connectivity index (χ0) is 14.4. The largest absolute Gasteiger partial charge is 0.327 e. The van der Waals surface area contributed by atoms with E-state index in [1.165, 1.54) is 0 Å². The van der Waals surface area contributed by atoms with E-state index in [0.29, 0.717) is 0 Å². The van der Waals surface area contributed by atoms with Crippen LogP contribution in [0.5, 0.6) is 0 Å². The molecule has 0 heterocycles. The summed E-state index contributed by atoms with van der Waals surface area (Å²) in [5.41, 5.74) is 0.810. The monoisotopic (exact) mass is 264 g/mol. The molecule has 0 spiro atoms. The van der Waals surface area contributed by atoms with Crippen molar-refractivity contribution in [2.45, 2.75) is 18.9 Å². The number of nitriles is 1. The number of amides is 1. The zero-order valence-corrected chi connectivity index (χ0v) is 11.4. The molecule has 1 amide bonds. The number of nitrogens with zero attached hydrogens (tertiary/aromatic N) is 2. The summed E-state index contributed by atoms with van der Waals surface area (Å²) in [6.07, 6.45) is 5.64. The van der Waals surface area contributed by atoms with Gasteiger partial charge in [-0.1, -0.05) is 36.3 Å². The van der Waals surface area contributed by atoms with Gasteiger partial charge in [-0.15, -0.1) is 0 Å².